The topological polar surface area (TPSA) is 41.5 Å². The van der Waals surface area contributed by atoms with Gasteiger partial charge in [-0.05, 0) is 13.0 Å². The average Bonchev–Trinajstić information content (AvgIpc) is 2.31. The van der Waals surface area contributed by atoms with Crippen LogP contribution in [0.2, 0.25) is 0 Å². The number of nitrogens with zero attached hydrogens (tertiary/aromatic N) is 1. The number of hydrogen-bond donors (Lipinski definition) is 1. The monoisotopic (exact) mass is 228 g/mol. The van der Waals surface area contributed by atoms with E-state index in [4.69, 9.17) is 0 Å². The van der Waals surface area contributed by atoms with Crippen LogP contribution in [-0.2, 0) is 0 Å². The molecule has 0 fully saturated rings. The predicted molar refractivity (Wildman–Crippen MR) is 70.5 cm³/mol. The van der Waals surface area contributed by atoms with E-state index in [2.05, 4.69) is 17.4 Å². The molecule has 0 aromatic carbocycles. The van der Waals surface area contributed by atoms with Crippen LogP contribution < -0.4 is 5.32 Å². The molecule has 0 amide bonds. The fourth-order valence-electron chi connectivity index (χ4n) is 1.86. The Morgan fingerprint density at radius 3 is 1.81 bits per heavy atom. The number of hydrogen-bond acceptors (Lipinski definition) is 3. The third kappa shape index (κ3) is 13.6. The minimum Gasteiger partial charge on any atom is -0.295 e. The van der Waals surface area contributed by atoms with Crippen molar-refractivity contribution >= 4 is 0 Å². The first-order chi connectivity index (χ1) is 7.91. The molecule has 0 aromatic rings. The van der Waals surface area contributed by atoms with Crippen molar-refractivity contribution in [1.82, 2.24) is 5.32 Å². The van der Waals surface area contributed by atoms with Crippen molar-refractivity contribution in [1.29, 1.82) is 0 Å². The zero-order chi connectivity index (χ0) is 11.9. The highest BCUT2D eigenvalue weighted by Gasteiger charge is 1.92. The van der Waals surface area contributed by atoms with Crippen LogP contribution in [0.4, 0.5) is 0 Å². The lowest BCUT2D eigenvalue weighted by molar-refractivity contribution is 0.545. The van der Waals surface area contributed by atoms with E-state index < -0.39 is 0 Å². The summed E-state index contributed by atoms with van der Waals surface area (Å²) in [5.74, 6) is 0. The van der Waals surface area contributed by atoms with Gasteiger partial charge >= 0.3 is 0 Å². The second-order valence-electron chi connectivity index (χ2n) is 4.47. The summed E-state index contributed by atoms with van der Waals surface area (Å²) in [5.41, 5.74) is 0. The third-order valence-corrected chi connectivity index (χ3v) is 2.88. The summed E-state index contributed by atoms with van der Waals surface area (Å²) in [6.07, 6.45) is 13.5. The molecule has 3 nitrogen and oxygen atoms in total. The van der Waals surface area contributed by atoms with Crippen LogP contribution in [0.5, 0.6) is 0 Å². The van der Waals surface area contributed by atoms with Crippen LogP contribution in [0.3, 0.4) is 0 Å². The molecule has 0 spiro atoms. The molecule has 0 aliphatic rings. The molecule has 0 saturated heterocycles. The van der Waals surface area contributed by atoms with Crippen molar-refractivity contribution in [3.05, 3.63) is 4.91 Å². The largest absolute Gasteiger partial charge is 0.295 e. The number of nitrogens with one attached hydrogen (secondary N) is 1. The first kappa shape index (κ1) is 15.6. The molecule has 0 aliphatic carbocycles. The van der Waals surface area contributed by atoms with Crippen molar-refractivity contribution in [2.45, 2.75) is 71.1 Å². The van der Waals surface area contributed by atoms with E-state index in [0.717, 1.165) is 6.54 Å². The zero-order valence-corrected chi connectivity index (χ0v) is 10.8. The molecular formula is C13H28N2O. The Bertz CT molecular complexity index is 140. The van der Waals surface area contributed by atoms with Crippen LogP contribution >= 0.6 is 0 Å². The Morgan fingerprint density at radius 2 is 1.31 bits per heavy atom. The van der Waals surface area contributed by atoms with Crippen molar-refractivity contribution in [2.75, 3.05) is 13.2 Å². The van der Waals surface area contributed by atoms with Gasteiger partial charge in [-0.15, -0.1) is 4.91 Å². The first-order valence-corrected chi connectivity index (χ1v) is 6.91. The Kier molecular flexibility index (Phi) is 14.2. The predicted octanol–water partition coefficient (Wildman–Crippen LogP) is 4.22. The van der Waals surface area contributed by atoms with Crippen molar-refractivity contribution < 1.29 is 0 Å². The molecule has 0 saturated carbocycles. The molecule has 0 unspecified atom stereocenters. The second kappa shape index (κ2) is 14.6. The highest BCUT2D eigenvalue weighted by molar-refractivity contribution is 4.49. The maximum absolute atomic E-state index is 9.77. The van der Waals surface area contributed by atoms with Gasteiger partial charge in [-0.3, -0.25) is 5.32 Å². The molecular weight excluding hydrogens is 200 g/mol. The van der Waals surface area contributed by atoms with E-state index in [0.29, 0.717) is 0 Å². The van der Waals surface area contributed by atoms with E-state index in [1.165, 1.54) is 64.2 Å². The zero-order valence-electron chi connectivity index (χ0n) is 10.8. The minimum atomic E-state index is 0.261. The molecule has 0 bridgehead atoms. The SMILES string of the molecule is CCCCCCCCCCCCNCN=O. The van der Waals surface area contributed by atoms with E-state index in [9.17, 15) is 4.91 Å². The van der Waals surface area contributed by atoms with Crippen molar-refractivity contribution in [2.24, 2.45) is 5.18 Å². The van der Waals surface area contributed by atoms with Gasteiger partial charge in [0.05, 0.1) is 0 Å². The quantitative estimate of drug-likeness (QED) is 0.379. The summed E-state index contributed by atoms with van der Waals surface area (Å²) < 4.78 is 0. The Hall–Kier alpha value is -0.440. The van der Waals surface area contributed by atoms with E-state index in [1.54, 1.807) is 0 Å². The van der Waals surface area contributed by atoms with Crippen LogP contribution in [0.15, 0.2) is 5.18 Å². The fourth-order valence-corrected chi connectivity index (χ4v) is 1.86. The van der Waals surface area contributed by atoms with Crippen LogP contribution in [0.25, 0.3) is 0 Å². The normalized spacial score (nSPS) is 10.6. The smallest absolute Gasteiger partial charge is 0.131 e. The molecule has 0 aliphatic heterocycles. The van der Waals surface area contributed by atoms with Gasteiger partial charge in [0.25, 0.3) is 0 Å². The van der Waals surface area contributed by atoms with Gasteiger partial charge < -0.3 is 0 Å². The highest BCUT2D eigenvalue weighted by Crippen LogP contribution is 2.10. The maximum atomic E-state index is 9.77. The minimum absolute atomic E-state index is 0.261. The summed E-state index contributed by atoms with van der Waals surface area (Å²) in [6.45, 7) is 3.45. The lowest BCUT2D eigenvalue weighted by atomic mass is 10.1. The lowest BCUT2D eigenvalue weighted by Gasteiger charge is -2.02. The molecule has 0 heterocycles. The number of unbranched alkanes of at least 4 members (excludes halogenated alkanes) is 9. The fraction of sp³-hybridized carbons (Fsp3) is 1.00. The van der Waals surface area contributed by atoms with Gasteiger partial charge in [0.1, 0.15) is 6.67 Å². The molecule has 0 radical (unpaired) electrons. The summed E-state index contributed by atoms with van der Waals surface area (Å²) in [6, 6.07) is 0. The molecule has 96 valence electrons. The van der Waals surface area contributed by atoms with Crippen molar-refractivity contribution in [3.8, 4) is 0 Å². The van der Waals surface area contributed by atoms with Crippen molar-refractivity contribution in [3.63, 3.8) is 0 Å². The van der Waals surface area contributed by atoms with E-state index in [-0.39, 0.29) is 6.67 Å². The van der Waals surface area contributed by atoms with Gasteiger partial charge in [0.2, 0.25) is 0 Å². The summed E-state index contributed by atoms with van der Waals surface area (Å²) in [5, 5.41) is 5.74. The Labute approximate surface area is 100 Å². The van der Waals surface area contributed by atoms with E-state index >= 15 is 0 Å². The van der Waals surface area contributed by atoms with Gasteiger partial charge in [-0.25, -0.2) is 0 Å². The molecule has 3 heteroatoms. The van der Waals surface area contributed by atoms with Crippen LogP contribution in [-0.4, -0.2) is 13.2 Å². The van der Waals surface area contributed by atoms with Crippen LogP contribution in [0.1, 0.15) is 71.1 Å². The van der Waals surface area contributed by atoms with E-state index in [1.807, 2.05) is 0 Å². The molecule has 0 rings (SSSR count). The third-order valence-electron chi connectivity index (χ3n) is 2.88. The Balaban J connectivity index is 2.85. The maximum Gasteiger partial charge on any atom is 0.131 e. The van der Waals surface area contributed by atoms with Crippen LogP contribution in [0, 0.1) is 4.91 Å². The summed E-state index contributed by atoms with van der Waals surface area (Å²) >= 11 is 0. The van der Waals surface area contributed by atoms with Gasteiger partial charge in [-0.2, -0.15) is 0 Å². The molecule has 0 atom stereocenters. The lowest BCUT2D eigenvalue weighted by Crippen LogP contribution is -2.14. The molecule has 16 heavy (non-hydrogen) atoms. The standard InChI is InChI=1S/C13H28N2O/c1-2-3-4-5-6-7-8-9-10-11-12-14-13-15-16/h14H,2-13H2,1H3. The first-order valence-electron chi connectivity index (χ1n) is 6.91. The second-order valence-corrected chi connectivity index (χ2v) is 4.47. The summed E-state index contributed by atoms with van der Waals surface area (Å²) in [7, 11) is 0. The molecule has 1 N–H and O–H groups in total. The van der Waals surface area contributed by atoms with Gasteiger partial charge in [0, 0.05) is 0 Å². The van der Waals surface area contributed by atoms with Gasteiger partial charge in [0.15, 0.2) is 0 Å². The molecule has 0 aromatic heterocycles. The summed E-state index contributed by atoms with van der Waals surface area (Å²) in [4.78, 5) is 9.77. The number of nitroso groups, excluding NO2 is 1. The number of rotatable bonds is 13. The highest BCUT2D eigenvalue weighted by atomic mass is 16.3. The average molecular weight is 228 g/mol. The Morgan fingerprint density at radius 1 is 0.812 bits per heavy atom. The van der Waals surface area contributed by atoms with Gasteiger partial charge in [-0.1, -0.05) is 69.9 Å².